The summed E-state index contributed by atoms with van der Waals surface area (Å²) >= 11 is 1.72. The van der Waals surface area contributed by atoms with E-state index < -0.39 is 0 Å². The average molecular weight is 336 g/mol. The van der Waals surface area contributed by atoms with Crippen LogP contribution in [0.2, 0.25) is 0 Å². The molecular weight excluding hydrogens is 320 g/mol. The van der Waals surface area contributed by atoms with E-state index in [1.54, 1.807) is 23.4 Å². The Kier molecular flexibility index (Phi) is 3.61. The fraction of sp³-hybridized carbons (Fsp3) is 0.167. The minimum atomic E-state index is -0.0524. The van der Waals surface area contributed by atoms with Crippen LogP contribution in [0.3, 0.4) is 0 Å². The first kappa shape index (κ1) is 15.0. The van der Waals surface area contributed by atoms with Gasteiger partial charge in [0.1, 0.15) is 5.82 Å². The molecule has 0 aliphatic rings. The topological polar surface area (TPSA) is 52.2 Å². The van der Waals surface area contributed by atoms with E-state index in [2.05, 4.69) is 41.4 Å². The summed E-state index contributed by atoms with van der Waals surface area (Å²) in [5.41, 5.74) is 2.03. The molecule has 0 unspecified atom stereocenters. The molecule has 4 rings (SSSR count). The maximum atomic E-state index is 12.4. The van der Waals surface area contributed by atoms with Crippen molar-refractivity contribution in [3.63, 3.8) is 0 Å². The Hall–Kier alpha value is -2.60. The number of para-hydroxylation sites is 1. The normalized spacial score (nSPS) is 11.4. The number of thioether (sulfide) groups is 1. The summed E-state index contributed by atoms with van der Waals surface area (Å²) in [4.78, 5) is 13.6. The van der Waals surface area contributed by atoms with Crippen LogP contribution in [0.1, 0.15) is 11.4 Å². The van der Waals surface area contributed by atoms with Crippen LogP contribution in [0, 0.1) is 6.92 Å². The van der Waals surface area contributed by atoms with Crippen molar-refractivity contribution in [3.8, 4) is 0 Å². The van der Waals surface area contributed by atoms with Crippen LogP contribution in [0.15, 0.2) is 58.2 Å². The molecule has 0 saturated heterocycles. The Bertz CT molecular complexity index is 1110. The van der Waals surface area contributed by atoms with Crippen molar-refractivity contribution < 1.29 is 0 Å². The summed E-state index contributed by atoms with van der Waals surface area (Å²) < 4.78 is 3.52. The Morgan fingerprint density at radius 3 is 2.75 bits per heavy atom. The fourth-order valence-corrected chi connectivity index (χ4v) is 3.77. The van der Waals surface area contributed by atoms with Crippen LogP contribution >= 0.6 is 11.8 Å². The van der Waals surface area contributed by atoms with Crippen LogP contribution in [-0.2, 0) is 12.8 Å². The Morgan fingerprint density at radius 2 is 1.92 bits per heavy atom. The van der Waals surface area contributed by atoms with Crippen molar-refractivity contribution in [2.24, 2.45) is 7.05 Å². The SMILES string of the molecule is Cc1cccc(SCc2nnc3n(C)c(=O)c4ccccc4n23)c1. The van der Waals surface area contributed by atoms with Gasteiger partial charge >= 0.3 is 0 Å². The van der Waals surface area contributed by atoms with Gasteiger partial charge in [0.2, 0.25) is 5.78 Å². The van der Waals surface area contributed by atoms with Crippen LogP contribution in [0.5, 0.6) is 0 Å². The molecule has 120 valence electrons. The lowest BCUT2D eigenvalue weighted by Crippen LogP contribution is -2.20. The van der Waals surface area contributed by atoms with Crippen LogP contribution < -0.4 is 5.56 Å². The number of nitrogens with zero attached hydrogens (tertiary/aromatic N) is 4. The second-order valence-corrected chi connectivity index (χ2v) is 6.79. The predicted octanol–water partition coefficient (Wildman–Crippen LogP) is 3.18. The number of fused-ring (bicyclic) bond motifs is 3. The van der Waals surface area contributed by atoms with E-state index in [-0.39, 0.29) is 5.56 Å². The summed E-state index contributed by atoms with van der Waals surface area (Å²) in [7, 11) is 1.73. The molecule has 0 amide bonds. The lowest BCUT2D eigenvalue weighted by atomic mass is 10.2. The van der Waals surface area contributed by atoms with E-state index in [1.165, 1.54) is 10.5 Å². The first-order chi connectivity index (χ1) is 11.6. The number of benzene rings is 2. The standard InChI is InChI=1S/C18H16N4OS/c1-12-6-5-7-13(10-12)24-11-16-19-20-18-21(2)17(23)14-8-3-4-9-15(14)22(16)18/h3-10H,11H2,1-2H3. The minimum Gasteiger partial charge on any atom is -0.279 e. The van der Waals surface area contributed by atoms with Gasteiger partial charge in [-0.3, -0.25) is 13.8 Å². The van der Waals surface area contributed by atoms with Gasteiger partial charge in [0.05, 0.1) is 16.7 Å². The summed E-state index contributed by atoms with van der Waals surface area (Å²) in [6, 6.07) is 16.0. The third kappa shape index (κ3) is 2.39. The monoisotopic (exact) mass is 336 g/mol. The lowest BCUT2D eigenvalue weighted by molar-refractivity contribution is 0.858. The molecule has 2 aromatic heterocycles. The van der Waals surface area contributed by atoms with E-state index in [0.29, 0.717) is 16.9 Å². The average Bonchev–Trinajstić information content (AvgIpc) is 3.02. The first-order valence-electron chi connectivity index (χ1n) is 7.66. The molecular formula is C18H16N4OS. The second kappa shape index (κ2) is 5.79. The molecule has 0 N–H and O–H groups in total. The van der Waals surface area contributed by atoms with Gasteiger partial charge < -0.3 is 0 Å². The summed E-state index contributed by atoms with van der Waals surface area (Å²) in [5, 5.41) is 9.21. The maximum absolute atomic E-state index is 12.4. The zero-order valence-corrected chi connectivity index (χ0v) is 14.2. The van der Waals surface area contributed by atoms with E-state index in [4.69, 9.17) is 0 Å². The maximum Gasteiger partial charge on any atom is 0.262 e. The summed E-state index contributed by atoms with van der Waals surface area (Å²) in [5.74, 6) is 2.09. The van der Waals surface area contributed by atoms with Crippen LogP contribution in [-0.4, -0.2) is 19.2 Å². The van der Waals surface area contributed by atoms with Crippen molar-refractivity contribution in [2.75, 3.05) is 0 Å². The Morgan fingerprint density at radius 1 is 1.08 bits per heavy atom. The van der Waals surface area contributed by atoms with Gasteiger partial charge in [0.25, 0.3) is 5.56 Å². The largest absolute Gasteiger partial charge is 0.279 e. The molecule has 0 bridgehead atoms. The lowest BCUT2D eigenvalue weighted by Gasteiger charge is -2.07. The number of rotatable bonds is 3. The predicted molar refractivity (Wildman–Crippen MR) is 96.5 cm³/mol. The minimum absolute atomic E-state index is 0.0524. The second-order valence-electron chi connectivity index (χ2n) is 5.74. The van der Waals surface area contributed by atoms with E-state index >= 15 is 0 Å². The van der Waals surface area contributed by atoms with Gasteiger partial charge in [-0.2, -0.15) is 0 Å². The van der Waals surface area contributed by atoms with Gasteiger partial charge in [-0.05, 0) is 31.2 Å². The number of hydrogen-bond acceptors (Lipinski definition) is 4. The van der Waals surface area contributed by atoms with Crippen molar-refractivity contribution in [3.05, 3.63) is 70.3 Å². The molecule has 0 aliphatic heterocycles. The molecule has 0 atom stereocenters. The summed E-state index contributed by atoms with van der Waals surface area (Å²) in [6.07, 6.45) is 0. The molecule has 5 nitrogen and oxygen atoms in total. The fourth-order valence-electron chi connectivity index (χ4n) is 2.84. The molecule has 24 heavy (non-hydrogen) atoms. The third-order valence-electron chi connectivity index (χ3n) is 4.05. The van der Waals surface area contributed by atoms with Crippen molar-refractivity contribution in [1.29, 1.82) is 0 Å². The summed E-state index contributed by atoms with van der Waals surface area (Å²) in [6.45, 7) is 2.08. The van der Waals surface area contributed by atoms with Crippen molar-refractivity contribution in [2.45, 2.75) is 17.6 Å². The molecule has 6 heteroatoms. The zero-order chi connectivity index (χ0) is 16.7. The molecule has 0 fully saturated rings. The van der Waals surface area contributed by atoms with Gasteiger partial charge in [-0.15, -0.1) is 22.0 Å². The quantitative estimate of drug-likeness (QED) is 0.539. The smallest absolute Gasteiger partial charge is 0.262 e. The molecule has 0 aliphatic carbocycles. The highest BCUT2D eigenvalue weighted by molar-refractivity contribution is 7.98. The molecule has 0 saturated carbocycles. The van der Waals surface area contributed by atoms with Crippen molar-refractivity contribution >= 4 is 28.4 Å². The highest BCUT2D eigenvalue weighted by Crippen LogP contribution is 2.24. The number of aryl methyl sites for hydroxylation is 2. The highest BCUT2D eigenvalue weighted by Gasteiger charge is 2.14. The Balaban J connectivity index is 1.83. The van der Waals surface area contributed by atoms with Crippen molar-refractivity contribution in [1.82, 2.24) is 19.2 Å². The number of hydrogen-bond donors (Lipinski definition) is 0. The van der Waals surface area contributed by atoms with Gasteiger partial charge in [0.15, 0.2) is 0 Å². The van der Waals surface area contributed by atoms with Crippen LogP contribution in [0.25, 0.3) is 16.7 Å². The highest BCUT2D eigenvalue weighted by atomic mass is 32.2. The molecule has 2 heterocycles. The third-order valence-corrected chi connectivity index (χ3v) is 5.04. The molecule has 0 radical (unpaired) electrons. The van der Waals surface area contributed by atoms with Crippen LogP contribution in [0.4, 0.5) is 0 Å². The molecule has 0 spiro atoms. The molecule has 4 aromatic rings. The van der Waals surface area contributed by atoms with E-state index in [0.717, 1.165) is 11.3 Å². The van der Waals surface area contributed by atoms with E-state index in [9.17, 15) is 4.79 Å². The van der Waals surface area contributed by atoms with E-state index in [1.807, 2.05) is 28.7 Å². The first-order valence-corrected chi connectivity index (χ1v) is 8.65. The Labute approximate surface area is 143 Å². The van der Waals surface area contributed by atoms with Gasteiger partial charge in [0, 0.05) is 11.9 Å². The number of aromatic nitrogens is 4. The van der Waals surface area contributed by atoms with Gasteiger partial charge in [-0.1, -0.05) is 29.8 Å². The van der Waals surface area contributed by atoms with Gasteiger partial charge in [-0.25, -0.2) is 0 Å². The zero-order valence-electron chi connectivity index (χ0n) is 13.4. The molecule has 2 aromatic carbocycles.